The van der Waals surface area contributed by atoms with Gasteiger partial charge in [0.2, 0.25) is 6.79 Å². The van der Waals surface area contributed by atoms with Crippen molar-refractivity contribution in [2.75, 3.05) is 18.7 Å². The summed E-state index contributed by atoms with van der Waals surface area (Å²) in [5.41, 5.74) is 0.509. The summed E-state index contributed by atoms with van der Waals surface area (Å²) in [4.78, 5) is 24.6. The van der Waals surface area contributed by atoms with Crippen LogP contribution in [-0.4, -0.2) is 25.3 Å². The minimum Gasteiger partial charge on any atom is -0.454 e. The first-order valence-corrected chi connectivity index (χ1v) is 9.32. The Labute approximate surface area is 167 Å². The maximum atomic E-state index is 12.3. The first kappa shape index (κ1) is 17.9. The number of carbonyl (C=O) groups excluding carboxylic acids is 2. The summed E-state index contributed by atoms with van der Waals surface area (Å²) in [5.74, 6) is 0.0000917. The second kappa shape index (κ2) is 7.26. The van der Waals surface area contributed by atoms with E-state index in [9.17, 15) is 9.59 Å². The van der Waals surface area contributed by atoms with Crippen molar-refractivity contribution in [3.8, 4) is 11.5 Å². The molecule has 1 aliphatic rings. The number of benzene rings is 2. The molecule has 0 spiro atoms. The molecule has 27 heavy (non-hydrogen) atoms. The summed E-state index contributed by atoms with van der Waals surface area (Å²) in [6.07, 6.45) is 0. The highest BCUT2D eigenvalue weighted by Crippen LogP contribution is 2.37. The van der Waals surface area contributed by atoms with Crippen molar-refractivity contribution in [3.63, 3.8) is 0 Å². The number of amides is 1. The number of anilines is 1. The van der Waals surface area contributed by atoms with Gasteiger partial charge in [-0.25, -0.2) is 4.79 Å². The Morgan fingerprint density at radius 3 is 2.78 bits per heavy atom. The van der Waals surface area contributed by atoms with Gasteiger partial charge >= 0.3 is 5.97 Å². The topological polar surface area (TPSA) is 73.9 Å². The van der Waals surface area contributed by atoms with Gasteiger partial charge in [-0.3, -0.25) is 4.79 Å². The van der Waals surface area contributed by atoms with Crippen LogP contribution < -0.4 is 14.8 Å². The predicted octanol–water partition coefficient (Wildman–Crippen LogP) is 4.73. The third-order valence-corrected chi connectivity index (χ3v) is 5.64. The zero-order chi connectivity index (χ0) is 19.0. The number of hydrogen-bond donors (Lipinski definition) is 1. The molecule has 1 aromatic heterocycles. The largest absolute Gasteiger partial charge is 0.454 e. The second-order valence-corrected chi connectivity index (χ2v) is 7.44. The maximum absolute atomic E-state index is 12.3. The predicted molar refractivity (Wildman–Crippen MR) is 103 cm³/mol. The van der Waals surface area contributed by atoms with E-state index < -0.39 is 18.5 Å². The fraction of sp³-hybridized carbons (Fsp3) is 0.111. The molecule has 2 heterocycles. The third-order valence-electron chi connectivity index (χ3n) is 3.77. The second-order valence-electron chi connectivity index (χ2n) is 5.58. The molecule has 2 aromatic carbocycles. The van der Waals surface area contributed by atoms with Gasteiger partial charge < -0.3 is 19.5 Å². The Hall–Kier alpha value is -2.48. The molecule has 1 N–H and O–H groups in total. The number of esters is 1. The number of hydrogen-bond acceptors (Lipinski definition) is 6. The maximum Gasteiger partial charge on any atom is 0.350 e. The van der Waals surface area contributed by atoms with Crippen LogP contribution in [-0.2, 0) is 9.53 Å². The molecule has 6 nitrogen and oxygen atoms in total. The molecule has 1 aliphatic heterocycles. The van der Waals surface area contributed by atoms with Crippen LogP contribution >= 0.6 is 34.5 Å². The van der Waals surface area contributed by atoms with Crippen LogP contribution in [0.5, 0.6) is 11.5 Å². The monoisotopic (exact) mass is 423 g/mol. The Bertz CT molecular complexity index is 1070. The average molecular weight is 424 g/mol. The molecule has 0 radical (unpaired) electrons. The van der Waals surface area contributed by atoms with Gasteiger partial charge in [-0.2, -0.15) is 0 Å². The molecule has 0 aliphatic carbocycles. The summed E-state index contributed by atoms with van der Waals surface area (Å²) >= 11 is 13.4. The van der Waals surface area contributed by atoms with Gasteiger partial charge in [-0.05, 0) is 24.3 Å². The molecular weight excluding hydrogens is 413 g/mol. The highest BCUT2D eigenvalue weighted by atomic mass is 35.5. The minimum atomic E-state index is -0.668. The molecular formula is C18H11Cl2NO5S. The van der Waals surface area contributed by atoms with Crippen molar-refractivity contribution in [3.05, 3.63) is 51.3 Å². The zero-order valence-corrected chi connectivity index (χ0v) is 15.9. The van der Waals surface area contributed by atoms with Gasteiger partial charge in [-0.15, -0.1) is 11.3 Å². The first-order valence-electron chi connectivity index (χ1n) is 7.75. The Kier molecular flexibility index (Phi) is 4.82. The van der Waals surface area contributed by atoms with Crippen LogP contribution in [0.25, 0.3) is 10.1 Å². The van der Waals surface area contributed by atoms with E-state index in [0.29, 0.717) is 27.6 Å². The number of nitrogens with one attached hydrogen (secondary N) is 1. The van der Waals surface area contributed by atoms with E-state index in [4.69, 9.17) is 37.4 Å². The molecule has 0 atom stereocenters. The van der Waals surface area contributed by atoms with Gasteiger partial charge in [0.15, 0.2) is 18.1 Å². The van der Waals surface area contributed by atoms with E-state index in [1.807, 2.05) is 0 Å². The lowest BCUT2D eigenvalue weighted by Crippen LogP contribution is -2.20. The van der Waals surface area contributed by atoms with Crippen molar-refractivity contribution in [2.45, 2.75) is 0 Å². The highest BCUT2D eigenvalue weighted by Gasteiger charge is 2.20. The van der Waals surface area contributed by atoms with Crippen molar-refractivity contribution < 1.29 is 23.8 Å². The highest BCUT2D eigenvalue weighted by molar-refractivity contribution is 7.21. The Morgan fingerprint density at radius 1 is 1.11 bits per heavy atom. The van der Waals surface area contributed by atoms with Crippen molar-refractivity contribution in [2.24, 2.45) is 0 Å². The molecule has 3 aromatic rings. The van der Waals surface area contributed by atoms with Crippen molar-refractivity contribution in [1.29, 1.82) is 0 Å². The minimum absolute atomic E-state index is 0.144. The fourth-order valence-corrected chi connectivity index (χ4v) is 4.22. The number of rotatable bonds is 4. The van der Waals surface area contributed by atoms with Crippen LogP contribution in [0.1, 0.15) is 9.67 Å². The van der Waals surface area contributed by atoms with Crippen LogP contribution in [0, 0.1) is 0 Å². The zero-order valence-electron chi connectivity index (χ0n) is 13.6. The molecule has 0 fully saturated rings. The molecule has 9 heteroatoms. The molecule has 1 amide bonds. The van der Waals surface area contributed by atoms with Gasteiger partial charge in [0.25, 0.3) is 5.91 Å². The molecule has 138 valence electrons. The normalized spacial score (nSPS) is 12.2. The van der Waals surface area contributed by atoms with E-state index >= 15 is 0 Å². The summed E-state index contributed by atoms with van der Waals surface area (Å²) < 4.78 is 16.3. The van der Waals surface area contributed by atoms with Gasteiger partial charge in [-0.1, -0.05) is 29.3 Å². The lowest BCUT2D eigenvalue weighted by atomic mass is 10.2. The van der Waals surface area contributed by atoms with E-state index in [1.165, 1.54) is 0 Å². The lowest BCUT2D eigenvalue weighted by molar-refractivity contribution is -0.119. The molecule has 0 bridgehead atoms. The third kappa shape index (κ3) is 3.66. The average Bonchev–Trinajstić information content (AvgIpc) is 3.23. The van der Waals surface area contributed by atoms with E-state index in [1.54, 1.807) is 36.4 Å². The molecule has 0 saturated heterocycles. The SMILES string of the molecule is O=C(COC(=O)c1sc2cc(Cl)ccc2c1Cl)Nc1ccc2c(c1)OCO2. The Balaban J connectivity index is 1.40. The molecule has 4 rings (SSSR count). The van der Waals surface area contributed by atoms with Crippen LogP contribution in [0.2, 0.25) is 10.0 Å². The lowest BCUT2D eigenvalue weighted by Gasteiger charge is -2.07. The van der Waals surface area contributed by atoms with Crippen LogP contribution in [0.15, 0.2) is 36.4 Å². The number of ether oxygens (including phenoxy) is 3. The summed E-state index contributed by atoms with van der Waals surface area (Å²) in [6.45, 7) is -0.301. The van der Waals surface area contributed by atoms with Crippen LogP contribution in [0.4, 0.5) is 5.69 Å². The summed E-state index contributed by atoms with van der Waals surface area (Å²) in [6, 6.07) is 10.1. The summed E-state index contributed by atoms with van der Waals surface area (Å²) in [7, 11) is 0. The summed E-state index contributed by atoms with van der Waals surface area (Å²) in [5, 5.41) is 4.17. The molecule has 0 unspecified atom stereocenters. The standard InChI is InChI=1S/C18H11Cl2NO5S/c19-9-1-3-11-14(5-9)27-17(16(11)20)18(23)24-7-15(22)21-10-2-4-12-13(6-10)26-8-25-12/h1-6H,7-8H2,(H,21,22). The number of thiophene rings is 1. The van der Waals surface area contributed by atoms with E-state index in [-0.39, 0.29) is 16.7 Å². The van der Waals surface area contributed by atoms with E-state index in [2.05, 4.69) is 5.32 Å². The Morgan fingerprint density at radius 2 is 1.93 bits per heavy atom. The quantitative estimate of drug-likeness (QED) is 0.613. The molecule has 0 saturated carbocycles. The number of carbonyl (C=O) groups is 2. The van der Waals surface area contributed by atoms with E-state index in [0.717, 1.165) is 16.0 Å². The van der Waals surface area contributed by atoms with Gasteiger partial charge in [0, 0.05) is 26.9 Å². The first-order chi connectivity index (χ1) is 13.0. The fourth-order valence-electron chi connectivity index (χ4n) is 2.54. The smallest absolute Gasteiger partial charge is 0.350 e. The number of halogens is 2. The van der Waals surface area contributed by atoms with Crippen molar-refractivity contribution >= 4 is 62.2 Å². The van der Waals surface area contributed by atoms with Gasteiger partial charge in [0.1, 0.15) is 4.88 Å². The number of fused-ring (bicyclic) bond motifs is 2. The van der Waals surface area contributed by atoms with Crippen LogP contribution in [0.3, 0.4) is 0 Å². The van der Waals surface area contributed by atoms with Crippen molar-refractivity contribution in [1.82, 2.24) is 0 Å². The van der Waals surface area contributed by atoms with Gasteiger partial charge in [0.05, 0.1) is 5.02 Å².